The lowest BCUT2D eigenvalue weighted by Gasteiger charge is -2.33. The lowest BCUT2D eigenvalue weighted by Crippen LogP contribution is -2.30. The first-order chi connectivity index (χ1) is 22.0. The SMILES string of the molecule is Cc1cc2c(cc1C(F)(F)F)N(Cc1ccccc1C#N)CCC[C@@H]2N(Cc1cc(C(F)(F)F)cc(C(F)(F)F)c1)c1nnn(C)n1. The Labute approximate surface area is 262 Å². The van der Waals surface area contributed by atoms with E-state index in [9.17, 15) is 44.8 Å². The van der Waals surface area contributed by atoms with E-state index >= 15 is 0 Å². The summed E-state index contributed by atoms with van der Waals surface area (Å²) in [6.45, 7) is 1.01. The number of hydrogen-bond donors (Lipinski definition) is 0. The number of tetrazole rings is 1. The van der Waals surface area contributed by atoms with Gasteiger partial charge in [-0.2, -0.15) is 49.6 Å². The predicted octanol–water partition coefficient (Wildman–Crippen LogP) is 7.99. The normalized spacial score (nSPS) is 15.6. The molecule has 1 aliphatic rings. The minimum absolute atomic E-state index is 0.0222. The van der Waals surface area contributed by atoms with Gasteiger partial charge in [0.1, 0.15) is 0 Å². The van der Waals surface area contributed by atoms with Crippen LogP contribution in [0.1, 0.15) is 63.4 Å². The highest BCUT2D eigenvalue weighted by atomic mass is 19.4. The van der Waals surface area contributed by atoms with Crippen LogP contribution in [-0.4, -0.2) is 26.8 Å². The van der Waals surface area contributed by atoms with Crippen LogP contribution in [-0.2, 0) is 38.7 Å². The van der Waals surface area contributed by atoms with Gasteiger partial charge in [0.2, 0.25) is 0 Å². The third kappa shape index (κ3) is 7.28. The molecule has 3 aromatic carbocycles. The topological polar surface area (TPSA) is 73.9 Å². The molecule has 7 nitrogen and oxygen atoms in total. The zero-order valence-electron chi connectivity index (χ0n) is 24.8. The van der Waals surface area contributed by atoms with E-state index in [2.05, 4.69) is 21.5 Å². The van der Waals surface area contributed by atoms with Gasteiger partial charge in [-0.3, -0.25) is 0 Å². The van der Waals surface area contributed by atoms with E-state index < -0.39 is 47.8 Å². The number of nitrogens with zero attached hydrogens (tertiary/aromatic N) is 7. The molecule has 0 bridgehead atoms. The molecule has 0 amide bonds. The third-order valence-electron chi connectivity index (χ3n) is 7.91. The van der Waals surface area contributed by atoms with Crippen LogP contribution in [0.25, 0.3) is 0 Å². The minimum atomic E-state index is -5.09. The van der Waals surface area contributed by atoms with Gasteiger partial charge < -0.3 is 9.80 Å². The number of alkyl halides is 9. The zero-order valence-corrected chi connectivity index (χ0v) is 24.8. The molecule has 1 aromatic heterocycles. The summed E-state index contributed by atoms with van der Waals surface area (Å²) in [5.41, 5.74) is -3.07. The number of anilines is 2. The largest absolute Gasteiger partial charge is 0.416 e. The third-order valence-corrected chi connectivity index (χ3v) is 7.91. The molecule has 2 heterocycles. The summed E-state index contributed by atoms with van der Waals surface area (Å²) in [7, 11) is 1.41. The van der Waals surface area contributed by atoms with Crippen LogP contribution in [0.15, 0.2) is 54.6 Å². The highest BCUT2D eigenvalue weighted by molar-refractivity contribution is 5.62. The monoisotopic (exact) mass is 667 g/mol. The molecule has 248 valence electrons. The van der Waals surface area contributed by atoms with Crippen LogP contribution >= 0.6 is 0 Å². The summed E-state index contributed by atoms with van der Waals surface area (Å²) in [6, 6.07) is 11.3. The van der Waals surface area contributed by atoms with Crippen LogP contribution < -0.4 is 9.80 Å². The van der Waals surface area contributed by atoms with Crippen molar-refractivity contribution in [3.05, 3.63) is 99.1 Å². The van der Waals surface area contributed by atoms with E-state index in [1.165, 1.54) is 24.9 Å². The smallest absolute Gasteiger partial charge is 0.367 e. The summed E-state index contributed by atoms with van der Waals surface area (Å²) in [5.74, 6) is -0.143. The fraction of sp³-hybridized carbons (Fsp3) is 0.355. The average Bonchev–Trinajstić information content (AvgIpc) is 3.34. The van der Waals surface area contributed by atoms with Crippen molar-refractivity contribution in [1.82, 2.24) is 20.2 Å². The molecule has 0 saturated heterocycles. The molecule has 5 rings (SSSR count). The van der Waals surface area contributed by atoms with E-state index in [1.807, 2.05) is 0 Å². The molecule has 1 atom stereocenters. The number of halogens is 9. The second kappa shape index (κ2) is 12.4. The molecule has 0 radical (unpaired) electrons. The minimum Gasteiger partial charge on any atom is -0.367 e. The van der Waals surface area contributed by atoms with E-state index in [0.29, 0.717) is 35.2 Å². The Morgan fingerprint density at radius 2 is 1.57 bits per heavy atom. The first-order valence-electron chi connectivity index (χ1n) is 14.2. The second-order valence-electron chi connectivity index (χ2n) is 11.2. The predicted molar refractivity (Wildman–Crippen MR) is 152 cm³/mol. The first kappa shape index (κ1) is 33.6. The van der Waals surface area contributed by atoms with Gasteiger partial charge in [0, 0.05) is 25.3 Å². The highest BCUT2D eigenvalue weighted by Crippen LogP contribution is 2.44. The highest BCUT2D eigenvalue weighted by Gasteiger charge is 2.39. The summed E-state index contributed by atoms with van der Waals surface area (Å²) in [4.78, 5) is 4.10. The van der Waals surface area contributed by atoms with Crippen LogP contribution in [0.3, 0.4) is 0 Å². The van der Waals surface area contributed by atoms with Crippen LogP contribution in [0.2, 0.25) is 0 Å². The Hall–Kier alpha value is -4.81. The van der Waals surface area contributed by atoms with E-state index in [0.717, 1.165) is 10.9 Å². The summed E-state index contributed by atoms with van der Waals surface area (Å²) in [5, 5.41) is 21.5. The molecule has 47 heavy (non-hydrogen) atoms. The van der Waals surface area contributed by atoms with Crippen molar-refractivity contribution < 1.29 is 39.5 Å². The first-order valence-corrected chi connectivity index (χ1v) is 14.2. The Morgan fingerprint density at radius 1 is 0.915 bits per heavy atom. The molecule has 0 unspecified atom stereocenters. The van der Waals surface area contributed by atoms with Gasteiger partial charge >= 0.3 is 18.5 Å². The fourth-order valence-electron chi connectivity index (χ4n) is 5.79. The van der Waals surface area contributed by atoms with Gasteiger partial charge in [-0.25, -0.2) is 0 Å². The van der Waals surface area contributed by atoms with Gasteiger partial charge in [-0.1, -0.05) is 29.4 Å². The van der Waals surface area contributed by atoms with Crippen LogP contribution in [0.5, 0.6) is 0 Å². The number of aromatic nitrogens is 4. The summed E-state index contributed by atoms with van der Waals surface area (Å²) >= 11 is 0. The van der Waals surface area contributed by atoms with Crippen LogP contribution in [0.4, 0.5) is 51.1 Å². The Balaban J connectivity index is 1.68. The molecular formula is C31H26F9N7. The molecule has 1 aliphatic heterocycles. The maximum absolute atomic E-state index is 14.2. The Kier molecular flexibility index (Phi) is 8.87. The van der Waals surface area contributed by atoms with Gasteiger partial charge in [0.25, 0.3) is 5.95 Å². The number of fused-ring (bicyclic) bond motifs is 1. The molecule has 0 aliphatic carbocycles. The lowest BCUT2D eigenvalue weighted by molar-refractivity contribution is -0.143. The van der Waals surface area contributed by atoms with Crippen molar-refractivity contribution in [2.45, 2.75) is 57.4 Å². The average molecular weight is 668 g/mol. The van der Waals surface area contributed by atoms with Crippen molar-refractivity contribution in [3.63, 3.8) is 0 Å². The molecule has 0 fully saturated rings. The number of aryl methyl sites for hydroxylation is 2. The molecule has 16 heteroatoms. The van der Waals surface area contributed by atoms with Gasteiger partial charge in [0.15, 0.2) is 0 Å². The Morgan fingerprint density at radius 3 is 2.15 bits per heavy atom. The van der Waals surface area contributed by atoms with E-state index in [-0.39, 0.29) is 48.3 Å². The van der Waals surface area contributed by atoms with Gasteiger partial charge in [-0.15, -0.1) is 5.10 Å². The molecule has 0 spiro atoms. The maximum Gasteiger partial charge on any atom is 0.416 e. The Bertz CT molecular complexity index is 1770. The van der Waals surface area contributed by atoms with Crippen molar-refractivity contribution in [1.29, 1.82) is 5.26 Å². The van der Waals surface area contributed by atoms with Crippen molar-refractivity contribution in [2.24, 2.45) is 7.05 Å². The number of hydrogen-bond acceptors (Lipinski definition) is 6. The zero-order chi connectivity index (χ0) is 34.3. The molecular weight excluding hydrogens is 641 g/mol. The molecule has 0 saturated carbocycles. The van der Waals surface area contributed by atoms with Crippen molar-refractivity contribution >= 4 is 11.6 Å². The van der Waals surface area contributed by atoms with Crippen molar-refractivity contribution in [3.8, 4) is 6.07 Å². The summed E-state index contributed by atoms with van der Waals surface area (Å²) in [6.07, 6.45) is -14.3. The number of rotatable bonds is 6. The lowest BCUT2D eigenvalue weighted by atomic mass is 9.94. The van der Waals surface area contributed by atoms with Gasteiger partial charge in [-0.05, 0) is 77.6 Å². The van der Waals surface area contributed by atoms with Crippen LogP contribution in [0, 0.1) is 18.3 Å². The second-order valence-corrected chi connectivity index (χ2v) is 11.2. The quantitative estimate of drug-likeness (QED) is 0.194. The molecule has 4 aromatic rings. The fourth-order valence-corrected chi connectivity index (χ4v) is 5.79. The van der Waals surface area contributed by atoms with E-state index in [1.54, 1.807) is 29.2 Å². The van der Waals surface area contributed by atoms with Gasteiger partial charge in [0.05, 0.1) is 41.4 Å². The number of nitriles is 1. The standard InChI is InChI=1S/C31H26F9N7/c1-18-10-24-26(8-5-9-46(27(24)14-25(18)31(38,39)40)17-21-7-4-3-6-20(21)15-41)47(28-42-44-45(2)43-28)16-19-11-22(29(32,33)34)13-23(12-19)30(35,36)37/h3-4,6-7,10-14,26H,5,8-9,16-17H2,1-2H3/t26-/m0/s1. The molecule has 0 N–H and O–H groups in total. The van der Waals surface area contributed by atoms with E-state index in [4.69, 9.17) is 0 Å². The number of benzene rings is 3. The summed E-state index contributed by atoms with van der Waals surface area (Å²) < 4.78 is 125. The van der Waals surface area contributed by atoms with Crippen molar-refractivity contribution in [2.75, 3.05) is 16.3 Å². The maximum atomic E-state index is 14.2.